The van der Waals surface area contributed by atoms with Crippen molar-refractivity contribution < 1.29 is 13.7 Å². The predicted molar refractivity (Wildman–Crippen MR) is 447 cm³/mol. The van der Waals surface area contributed by atoms with Gasteiger partial charge in [0, 0.05) is 34.1 Å². The fourth-order valence-corrected chi connectivity index (χ4v) is 18.4. The molecule has 504 valence electrons. The van der Waals surface area contributed by atoms with Crippen molar-refractivity contribution in [2.75, 3.05) is 9.80 Å². The van der Waals surface area contributed by atoms with Gasteiger partial charge >= 0.3 is 0 Å². The highest BCUT2D eigenvalue weighted by atomic mass is 15.1. The smallest absolute Gasteiger partial charge is 0.0727 e. The van der Waals surface area contributed by atoms with Gasteiger partial charge in [0.2, 0.25) is 0 Å². The summed E-state index contributed by atoms with van der Waals surface area (Å²) in [6.07, 6.45) is 5.06. The molecule has 1 spiro atoms. The van der Waals surface area contributed by atoms with Crippen LogP contribution in [0.2, 0.25) is 0 Å². The second kappa shape index (κ2) is 25.5. The topological polar surface area (TPSA) is 6.48 Å². The Morgan fingerprint density at radius 1 is 0.252 bits per heavy atom. The van der Waals surface area contributed by atoms with Gasteiger partial charge in [-0.3, -0.25) is 0 Å². The first-order chi connectivity index (χ1) is 57.0. The Balaban J connectivity index is 0.813. The summed E-state index contributed by atoms with van der Waals surface area (Å²) in [5.41, 5.74) is 28.7. The molecule has 0 bridgehead atoms. The number of anilines is 6. The molecule has 20 rings (SSSR count). The maximum atomic E-state index is 9.13. The Labute approximate surface area is 641 Å². The molecule has 4 aliphatic carbocycles. The summed E-state index contributed by atoms with van der Waals surface area (Å²) in [6.45, 7) is 8.18. The minimum atomic E-state index is -0.941. The number of rotatable bonds is 16. The van der Waals surface area contributed by atoms with E-state index in [4.69, 9.17) is 13.7 Å². The van der Waals surface area contributed by atoms with Crippen LogP contribution < -0.4 is 9.80 Å². The highest BCUT2D eigenvalue weighted by Crippen LogP contribution is 2.65. The number of benzene rings is 16. The molecule has 4 aliphatic rings. The first-order valence-corrected chi connectivity index (χ1v) is 36.5. The van der Waals surface area contributed by atoms with Crippen molar-refractivity contribution in [3.05, 3.63) is 479 Å². The van der Waals surface area contributed by atoms with Crippen LogP contribution in [0, 0.1) is 0 Å². The Bertz CT molecular complexity index is 6330. The van der Waals surface area contributed by atoms with Crippen LogP contribution in [0.15, 0.2) is 401 Å². The van der Waals surface area contributed by atoms with E-state index in [0.717, 1.165) is 134 Å². The molecule has 0 saturated heterocycles. The van der Waals surface area contributed by atoms with E-state index < -0.39 is 52.5 Å². The van der Waals surface area contributed by atoms with Crippen molar-refractivity contribution in [1.29, 1.82) is 0 Å². The SMILES string of the molecule is [2H]c1c([2H])c([2H])c(-c2ccc(N(c3ccc4c(c3)C(Cc3ccc(C=C)cc3)(c3ccccc3)c3ccccc3-4)c3ccc4c(c3)C3(c5ccccc5-4)c4ccccc4-c4ccc(N(c5ccc(-c6c([2H])c([2H])c([2H])c([2H])c6[2H])cc5)c5ccc6c(c5)C(Cc5ccc(C=C)cc5)(c5ccccc5)c5ccccc5-6)cc43)cc2)c([2H])c1[2H]. The first-order valence-electron chi connectivity index (χ1n) is 41.5. The Kier molecular flexibility index (Phi) is 12.7. The van der Waals surface area contributed by atoms with Crippen LogP contribution in [0.5, 0.6) is 0 Å². The standard InChI is InChI=1S/C105H74N2/c1-3-71-41-45-73(46-42-71)69-103(79-29-13-7-14-30-79)95-37-21-17-33-87(95)91-61-57-83(65-99(91)103)106(81-53-49-77(50-54-81)75-25-9-5-10-26-75)85-59-63-93-89-35-19-23-39-97(89)105(101(93)67-85)98-40-24-20-36-90(98)94-64-60-86(68-102(94)105)107(82-55-51-78(52-56-82)76-27-11-6-12-28-76)84-58-62-92-88-34-18-22-38-96(88)104(100(92)66-84,80-31-15-8-16-32-80)70-74-47-43-72(4-2)44-48-74/h3-68H,1-2,69-70H2/i5D,6D,9D,10D,11D,12D,25D,26D,27D,28D. The quantitative estimate of drug-likeness (QED) is 0.0951. The van der Waals surface area contributed by atoms with Crippen LogP contribution >= 0.6 is 0 Å². The maximum absolute atomic E-state index is 9.13. The lowest BCUT2D eigenvalue weighted by Gasteiger charge is -2.35. The lowest BCUT2D eigenvalue weighted by atomic mass is 9.68. The average molecular weight is 1370 g/mol. The molecule has 0 heterocycles. The molecule has 2 unspecified atom stereocenters. The fourth-order valence-electron chi connectivity index (χ4n) is 18.4. The zero-order chi connectivity index (χ0) is 79.9. The molecular weight excluding hydrogens is 1290 g/mol. The van der Waals surface area contributed by atoms with Crippen LogP contribution in [0.1, 0.15) is 91.6 Å². The van der Waals surface area contributed by atoms with Gasteiger partial charge in [-0.15, -0.1) is 0 Å². The zero-order valence-electron chi connectivity index (χ0n) is 68.6. The molecule has 0 saturated carbocycles. The molecule has 0 radical (unpaired) electrons. The Morgan fingerprint density at radius 3 is 0.897 bits per heavy atom. The van der Waals surface area contributed by atoms with E-state index in [-0.39, 0.29) is 35.3 Å². The van der Waals surface area contributed by atoms with E-state index in [1.165, 1.54) is 22.3 Å². The summed E-state index contributed by atoms with van der Waals surface area (Å²) >= 11 is 0. The summed E-state index contributed by atoms with van der Waals surface area (Å²) in [5.74, 6) is 0. The molecular formula is C105H74N2. The van der Waals surface area contributed by atoms with Crippen molar-refractivity contribution in [3.63, 3.8) is 0 Å². The predicted octanol–water partition coefficient (Wildman–Crippen LogP) is 26.7. The van der Waals surface area contributed by atoms with Gasteiger partial charge in [0.05, 0.1) is 30.0 Å². The second-order valence-electron chi connectivity index (χ2n) is 28.4. The van der Waals surface area contributed by atoms with Gasteiger partial charge in [0.25, 0.3) is 0 Å². The van der Waals surface area contributed by atoms with Gasteiger partial charge in [-0.05, 0) is 230 Å². The maximum Gasteiger partial charge on any atom is 0.0727 e. The van der Waals surface area contributed by atoms with Gasteiger partial charge < -0.3 is 9.80 Å². The Hall–Kier alpha value is -13.4. The van der Waals surface area contributed by atoms with Crippen LogP contribution in [0.4, 0.5) is 34.1 Å². The van der Waals surface area contributed by atoms with Crippen LogP contribution in [-0.4, -0.2) is 0 Å². The summed E-state index contributed by atoms with van der Waals surface area (Å²) in [7, 11) is 0. The van der Waals surface area contributed by atoms with Gasteiger partial charge in [0.1, 0.15) is 0 Å². The summed E-state index contributed by atoms with van der Waals surface area (Å²) in [6, 6.07) is 114. The van der Waals surface area contributed by atoms with E-state index in [9.17, 15) is 0 Å². The van der Waals surface area contributed by atoms with Crippen molar-refractivity contribution in [2.45, 2.75) is 29.1 Å². The lowest BCUT2D eigenvalue weighted by molar-refractivity contribution is 0.629. The lowest BCUT2D eigenvalue weighted by Crippen LogP contribution is -2.30. The molecule has 0 aliphatic heterocycles. The number of nitrogens with zero attached hydrogens (tertiary/aromatic N) is 2. The highest BCUT2D eigenvalue weighted by molar-refractivity contribution is 5.99. The highest BCUT2D eigenvalue weighted by Gasteiger charge is 2.53. The Morgan fingerprint density at radius 2 is 0.542 bits per heavy atom. The summed E-state index contributed by atoms with van der Waals surface area (Å²) in [5, 5.41) is 0. The number of hydrogen-bond donors (Lipinski definition) is 0. The second-order valence-corrected chi connectivity index (χ2v) is 28.4. The molecule has 0 N–H and O–H groups in total. The van der Waals surface area contributed by atoms with Crippen molar-refractivity contribution in [3.8, 4) is 66.8 Å². The van der Waals surface area contributed by atoms with Crippen LogP contribution in [0.3, 0.4) is 0 Å². The van der Waals surface area contributed by atoms with Gasteiger partial charge in [-0.1, -0.05) is 341 Å². The molecule has 16 aromatic carbocycles. The largest absolute Gasteiger partial charge is 0.310 e. The van der Waals surface area contributed by atoms with Crippen LogP contribution in [0.25, 0.3) is 78.9 Å². The third kappa shape index (κ3) is 9.93. The third-order valence-electron chi connectivity index (χ3n) is 23.1. The van der Waals surface area contributed by atoms with Crippen LogP contribution in [-0.2, 0) is 29.1 Å². The molecule has 0 amide bonds. The minimum absolute atomic E-state index is 0.120. The monoisotopic (exact) mass is 1370 g/mol. The van der Waals surface area contributed by atoms with Crippen molar-refractivity contribution in [1.82, 2.24) is 0 Å². The van der Waals surface area contributed by atoms with Gasteiger partial charge in [-0.2, -0.15) is 0 Å². The zero-order valence-corrected chi connectivity index (χ0v) is 58.6. The molecule has 2 atom stereocenters. The van der Waals surface area contributed by atoms with Crippen molar-refractivity contribution in [2.24, 2.45) is 0 Å². The van der Waals surface area contributed by atoms with E-state index in [0.29, 0.717) is 24.0 Å². The van der Waals surface area contributed by atoms with E-state index in [1.807, 2.05) is 60.7 Å². The van der Waals surface area contributed by atoms with E-state index >= 15 is 0 Å². The number of hydrogen-bond acceptors (Lipinski definition) is 2. The van der Waals surface area contributed by atoms with Crippen molar-refractivity contribution >= 4 is 46.3 Å². The first kappa shape index (κ1) is 53.4. The molecule has 16 aromatic rings. The van der Waals surface area contributed by atoms with Gasteiger partial charge in [-0.25, -0.2) is 0 Å². The molecule has 2 heteroatoms. The van der Waals surface area contributed by atoms with Gasteiger partial charge in [0.15, 0.2) is 0 Å². The molecule has 0 aromatic heterocycles. The fraction of sp³-hybridized carbons (Fsp3) is 0.0476. The van der Waals surface area contributed by atoms with E-state index in [1.54, 1.807) is 0 Å². The third-order valence-corrected chi connectivity index (χ3v) is 23.1. The van der Waals surface area contributed by atoms with E-state index in [2.05, 4.69) is 302 Å². The average Bonchev–Trinajstić information content (AvgIpc) is 1.55. The normalized spacial score (nSPS) is 17.6. The minimum Gasteiger partial charge on any atom is -0.310 e. The summed E-state index contributed by atoms with van der Waals surface area (Å²) in [4.78, 5) is 4.62. The molecule has 107 heavy (non-hydrogen) atoms. The molecule has 2 nitrogen and oxygen atoms in total. The molecule has 0 fully saturated rings. The summed E-state index contributed by atoms with van der Waals surface area (Å²) < 4.78 is 88.5. The number of fused-ring (bicyclic) bond motifs is 16.